The van der Waals surface area contributed by atoms with E-state index in [1.807, 2.05) is 24.3 Å². The van der Waals surface area contributed by atoms with Gasteiger partial charge in [-0.1, -0.05) is 0 Å². The Hall–Kier alpha value is -1.11. The van der Waals surface area contributed by atoms with Gasteiger partial charge in [-0.2, -0.15) is 0 Å². The Morgan fingerprint density at radius 1 is 1.52 bits per heavy atom. The predicted molar refractivity (Wildman–Crippen MR) is 83.3 cm³/mol. The Balaban J connectivity index is 0.00000220. The summed E-state index contributed by atoms with van der Waals surface area (Å²) in [5.41, 5.74) is 5.79. The fourth-order valence-electron chi connectivity index (χ4n) is 2.69. The molecule has 1 aliphatic rings. The van der Waals surface area contributed by atoms with E-state index in [1.165, 1.54) is 0 Å². The van der Waals surface area contributed by atoms with Crippen molar-refractivity contribution < 1.29 is 9.53 Å². The van der Waals surface area contributed by atoms with Gasteiger partial charge in [0, 0.05) is 46.1 Å². The number of halogens is 1. The molecular formula is C14H25ClN4O2. The largest absolute Gasteiger partial charge is 0.383 e. The van der Waals surface area contributed by atoms with Crippen LogP contribution in [0.3, 0.4) is 0 Å². The highest BCUT2D eigenvalue weighted by atomic mass is 35.5. The maximum Gasteiger partial charge on any atom is 0.241 e. The molecule has 1 aliphatic heterocycles. The van der Waals surface area contributed by atoms with Crippen molar-refractivity contribution in [2.75, 3.05) is 26.8 Å². The lowest BCUT2D eigenvalue weighted by Crippen LogP contribution is -2.49. The third kappa shape index (κ3) is 4.69. The van der Waals surface area contributed by atoms with Crippen LogP contribution in [0.2, 0.25) is 0 Å². The van der Waals surface area contributed by atoms with Crippen LogP contribution in [0, 0.1) is 5.92 Å². The first-order valence-electron chi connectivity index (χ1n) is 7.11. The molecule has 120 valence electrons. The van der Waals surface area contributed by atoms with E-state index in [2.05, 4.69) is 9.55 Å². The molecule has 1 fully saturated rings. The second-order valence-corrected chi connectivity index (χ2v) is 5.49. The quantitative estimate of drug-likeness (QED) is 0.863. The molecule has 21 heavy (non-hydrogen) atoms. The first kappa shape index (κ1) is 17.9. The van der Waals surface area contributed by atoms with Crippen LogP contribution in [-0.2, 0) is 23.0 Å². The van der Waals surface area contributed by atoms with E-state index >= 15 is 0 Å². The molecule has 0 aliphatic carbocycles. The van der Waals surface area contributed by atoms with E-state index in [0.717, 1.165) is 38.2 Å². The van der Waals surface area contributed by atoms with E-state index in [4.69, 9.17) is 10.5 Å². The number of aryl methyl sites for hydroxylation is 1. The van der Waals surface area contributed by atoms with Gasteiger partial charge in [0.1, 0.15) is 11.9 Å². The number of rotatable bonds is 5. The first-order chi connectivity index (χ1) is 9.61. The maximum atomic E-state index is 12.1. The lowest BCUT2D eigenvalue weighted by molar-refractivity contribution is -0.135. The van der Waals surface area contributed by atoms with Crippen LogP contribution < -0.4 is 5.73 Å². The number of carbonyl (C=O) groups is 1. The Labute approximate surface area is 132 Å². The number of aromatic nitrogens is 2. The molecule has 2 rings (SSSR count). The molecule has 0 spiro atoms. The topological polar surface area (TPSA) is 73.4 Å². The number of methoxy groups -OCH3 is 1. The number of hydrogen-bond donors (Lipinski definition) is 1. The zero-order valence-corrected chi connectivity index (χ0v) is 13.5. The summed E-state index contributed by atoms with van der Waals surface area (Å²) in [7, 11) is 3.58. The Kier molecular flexibility index (Phi) is 7.14. The number of hydrogen-bond acceptors (Lipinski definition) is 4. The molecule has 1 aromatic heterocycles. The highest BCUT2D eigenvalue weighted by Gasteiger charge is 2.26. The van der Waals surface area contributed by atoms with Crippen molar-refractivity contribution >= 4 is 18.3 Å². The third-order valence-corrected chi connectivity index (χ3v) is 3.98. The minimum atomic E-state index is -0.536. The van der Waals surface area contributed by atoms with Gasteiger partial charge < -0.3 is 19.9 Å². The Morgan fingerprint density at radius 3 is 2.71 bits per heavy atom. The number of likely N-dealkylation sites (tertiary alicyclic amines) is 1. The third-order valence-electron chi connectivity index (χ3n) is 3.98. The monoisotopic (exact) mass is 316 g/mol. The Bertz CT molecular complexity index is 444. The van der Waals surface area contributed by atoms with Crippen molar-refractivity contribution in [2.24, 2.45) is 18.7 Å². The summed E-state index contributed by atoms with van der Waals surface area (Å²) in [6.45, 7) is 1.85. The highest BCUT2D eigenvalue weighted by Crippen LogP contribution is 2.21. The second kappa shape index (κ2) is 8.36. The molecule has 6 nitrogen and oxygen atoms in total. The molecule has 2 N–H and O–H groups in total. The van der Waals surface area contributed by atoms with E-state index in [9.17, 15) is 4.79 Å². The summed E-state index contributed by atoms with van der Waals surface area (Å²) in [4.78, 5) is 18.3. The van der Waals surface area contributed by atoms with Gasteiger partial charge in [-0.3, -0.25) is 4.79 Å². The molecular weight excluding hydrogens is 292 g/mol. The average molecular weight is 317 g/mol. The van der Waals surface area contributed by atoms with Crippen LogP contribution >= 0.6 is 12.4 Å². The van der Waals surface area contributed by atoms with Crippen LogP contribution in [-0.4, -0.2) is 53.2 Å². The number of amides is 1. The van der Waals surface area contributed by atoms with E-state index in [0.29, 0.717) is 5.92 Å². The van der Waals surface area contributed by atoms with Crippen molar-refractivity contribution in [1.82, 2.24) is 14.5 Å². The van der Waals surface area contributed by atoms with Crippen LogP contribution in [0.15, 0.2) is 12.4 Å². The van der Waals surface area contributed by atoms with E-state index in [-0.39, 0.29) is 24.9 Å². The van der Waals surface area contributed by atoms with Gasteiger partial charge >= 0.3 is 0 Å². The normalized spacial score (nSPS) is 17.4. The molecule has 0 radical (unpaired) electrons. The van der Waals surface area contributed by atoms with Crippen LogP contribution in [0.5, 0.6) is 0 Å². The van der Waals surface area contributed by atoms with Crippen molar-refractivity contribution in [2.45, 2.75) is 25.3 Å². The maximum absolute atomic E-state index is 12.1. The molecule has 0 saturated carbocycles. The minimum absolute atomic E-state index is 0. The first-order valence-corrected chi connectivity index (χ1v) is 7.11. The van der Waals surface area contributed by atoms with Gasteiger partial charge in [-0.15, -0.1) is 12.4 Å². The van der Waals surface area contributed by atoms with Crippen LogP contribution in [0.1, 0.15) is 18.7 Å². The zero-order chi connectivity index (χ0) is 14.5. The number of nitrogens with zero attached hydrogens (tertiary/aromatic N) is 3. The fourth-order valence-corrected chi connectivity index (χ4v) is 2.69. The van der Waals surface area contributed by atoms with Crippen molar-refractivity contribution in [1.29, 1.82) is 0 Å². The summed E-state index contributed by atoms with van der Waals surface area (Å²) in [5.74, 6) is 1.71. The Morgan fingerprint density at radius 2 is 2.19 bits per heavy atom. The SMILES string of the molecule is COCC(N)C(=O)N1CCC(Cc2nccn2C)CC1.Cl. The van der Waals surface area contributed by atoms with Crippen molar-refractivity contribution in [3.8, 4) is 0 Å². The standard InChI is InChI=1S/C14H24N4O2.ClH/c1-17-8-5-16-13(17)9-11-3-6-18(7-4-11)14(19)12(15)10-20-2;/h5,8,11-12H,3-4,6-7,9-10,15H2,1-2H3;1H. The molecule has 1 unspecified atom stereocenters. The van der Waals surface area contributed by atoms with Crippen molar-refractivity contribution in [3.05, 3.63) is 18.2 Å². The number of carbonyl (C=O) groups excluding carboxylic acids is 1. The van der Waals surface area contributed by atoms with Gasteiger partial charge in [0.2, 0.25) is 5.91 Å². The lowest BCUT2D eigenvalue weighted by Gasteiger charge is -2.33. The summed E-state index contributed by atoms with van der Waals surface area (Å²) in [5, 5.41) is 0. The zero-order valence-electron chi connectivity index (χ0n) is 12.7. The minimum Gasteiger partial charge on any atom is -0.383 e. The summed E-state index contributed by atoms with van der Waals surface area (Å²) >= 11 is 0. The van der Waals surface area contributed by atoms with Gasteiger partial charge in [0.15, 0.2) is 0 Å². The molecule has 2 heterocycles. The smallest absolute Gasteiger partial charge is 0.241 e. The predicted octanol–water partition coefficient (Wildman–Crippen LogP) is 0.597. The van der Waals surface area contributed by atoms with E-state index in [1.54, 1.807) is 7.11 Å². The molecule has 0 bridgehead atoms. The van der Waals surface area contributed by atoms with Crippen LogP contribution in [0.25, 0.3) is 0 Å². The fraction of sp³-hybridized carbons (Fsp3) is 0.714. The summed E-state index contributed by atoms with van der Waals surface area (Å²) in [6, 6.07) is -0.536. The number of piperidine rings is 1. The van der Waals surface area contributed by atoms with Crippen molar-refractivity contribution in [3.63, 3.8) is 0 Å². The molecule has 7 heteroatoms. The van der Waals surface area contributed by atoms with Crippen LogP contribution in [0.4, 0.5) is 0 Å². The average Bonchev–Trinajstić information content (AvgIpc) is 2.85. The van der Waals surface area contributed by atoms with Gasteiger partial charge in [-0.05, 0) is 18.8 Å². The van der Waals surface area contributed by atoms with E-state index < -0.39 is 6.04 Å². The highest BCUT2D eigenvalue weighted by molar-refractivity contribution is 5.85. The molecule has 1 amide bonds. The number of ether oxygens (including phenoxy) is 1. The van der Waals surface area contributed by atoms with Gasteiger partial charge in [0.25, 0.3) is 0 Å². The molecule has 1 saturated heterocycles. The number of nitrogens with two attached hydrogens (primary N) is 1. The number of imidazole rings is 1. The molecule has 1 atom stereocenters. The van der Waals surface area contributed by atoms with Gasteiger partial charge in [0.05, 0.1) is 6.61 Å². The van der Waals surface area contributed by atoms with Gasteiger partial charge in [-0.25, -0.2) is 4.98 Å². The molecule has 1 aromatic rings. The molecule has 0 aromatic carbocycles. The second-order valence-electron chi connectivity index (χ2n) is 5.49. The summed E-state index contributed by atoms with van der Waals surface area (Å²) < 4.78 is 7.00. The summed E-state index contributed by atoms with van der Waals surface area (Å²) in [6.07, 6.45) is 6.81. The lowest BCUT2D eigenvalue weighted by atomic mass is 9.93.